The number of amidine groups is 1. The van der Waals surface area contributed by atoms with Gasteiger partial charge in [0, 0.05) is 11.1 Å². The summed E-state index contributed by atoms with van der Waals surface area (Å²) in [5.74, 6) is -0.318. The van der Waals surface area contributed by atoms with Crippen molar-refractivity contribution in [2.75, 3.05) is 11.9 Å². The monoisotopic (exact) mass is 326 g/mol. The second kappa shape index (κ2) is 8.33. The van der Waals surface area contributed by atoms with E-state index in [4.69, 9.17) is 10.5 Å². The molecule has 7 nitrogen and oxygen atoms in total. The van der Waals surface area contributed by atoms with Crippen molar-refractivity contribution >= 4 is 23.5 Å². The number of hydrogen-bond acceptors (Lipinski definition) is 4. The first-order chi connectivity index (χ1) is 11.6. The van der Waals surface area contributed by atoms with E-state index < -0.39 is 6.09 Å². The fourth-order valence-electron chi connectivity index (χ4n) is 1.92. The Kier molecular flexibility index (Phi) is 5.90. The van der Waals surface area contributed by atoms with Gasteiger partial charge in [-0.3, -0.25) is 10.1 Å². The zero-order valence-corrected chi connectivity index (χ0v) is 13.2. The smallest absolute Gasteiger partial charge is 0.411 e. The molecule has 0 saturated heterocycles. The number of ether oxygens (including phenoxy) is 1. The maximum Gasteiger partial charge on any atom is 0.411 e. The summed E-state index contributed by atoms with van der Waals surface area (Å²) in [6.45, 7) is 1.96. The lowest BCUT2D eigenvalue weighted by molar-refractivity contribution is 0.0954. The molecule has 0 aliphatic carbocycles. The first-order valence-electron chi connectivity index (χ1n) is 7.33. The molecule has 24 heavy (non-hydrogen) atoms. The van der Waals surface area contributed by atoms with Gasteiger partial charge in [-0.2, -0.15) is 5.10 Å². The minimum atomic E-state index is -0.592. The van der Waals surface area contributed by atoms with E-state index in [0.29, 0.717) is 16.8 Å². The molecule has 7 heteroatoms. The standard InChI is InChI=1S/C17H18N4O3/c1-2-24-17(23)19-14-11-7-6-10-13(14)15(18)20-21-16(22)12-8-4-3-5-9-12/h3-11H,2H2,1H3,(H2,18,20)(H,19,23)(H,21,22). The molecule has 0 unspecified atom stereocenters. The van der Waals surface area contributed by atoms with Crippen LogP contribution in [0.2, 0.25) is 0 Å². The van der Waals surface area contributed by atoms with E-state index in [-0.39, 0.29) is 18.3 Å². The summed E-state index contributed by atoms with van der Waals surface area (Å²) < 4.78 is 4.84. The number of carbonyl (C=O) groups is 2. The third-order valence-corrected chi connectivity index (χ3v) is 3.03. The van der Waals surface area contributed by atoms with Crippen LogP contribution in [0.1, 0.15) is 22.8 Å². The van der Waals surface area contributed by atoms with Crippen LogP contribution in [0.3, 0.4) is 0 Å². The van der Waals surface area contributed by atoms with Crippen LogP contribution in [-0.4, -0.2) is 24.4 Å². The van der Waals surface area contributed by atoms with Crippen molar-refractivity contribution in [3.05, 3.63) is 65.7 Å². The number of benzene rings is 2. The Morgan fingerprint density at radius 2 is 1.75 bits per heavy atom. The van der Waals surface area contributed by atoms with E-state index in [1.165, 1.54) is 0 Å². The molecule has 2 aromatic carbocycles. The second-order valence-corrected chi connectivity index (χ2v) is 4.70. The Morgan fingerprint density at radius 3 is 2.46 bits per heavy atom. The van der Waals surface area contributed by atoms with E-state index in [9.17, 15) is 9.59 Å². The summed E-state index contributed by atoms with van der Waals surface area (Å²) in [6, 6.07) is 15.5. The predicted molar refractivity (Wildman–Crippen MR) is 91.7 cm³/mol. The van der Waals surface area contributed by atoms with Crippen LogP contribution in [0.4, 0.5) is 10.5 Å². The third-order valence-electron chi connectivity index (χ3n) is 3.03. The molecule has 124 valence electrons. The summed E-state index contributed by atoms with van der Waals surface area (Å²) >= 11 is 0. The number of rotatable bonds is 5. The first kappa shape index (κ1) is 17.0. The van der Waals surface area contributed by atoms with Crippen molar-refractivity contribution in [2.45, 2.75) is 6.92 Å². The molecule has 0 saturated carbocycles. The zero-order valence-electron chi connectivity index (χ0n) is 13.2. The zero-order chi connectivity index (χ0) is 17.4. The third kappa shape index (κ3) is 4.57. The van der Waals surface area contributed by atoms with Gasteiger partial charge in [-0.15, -0.1) is 0 Å². The Morgan fingerprint density at radius 1 is 1.08 bits per heavy atom. The Bertz CT molecular complexity index is 745. The van der Waals surface area contributed by atoms with Crippen LogP contribution >= 0.6 is 0 Å². The number of amides is 2. The highest BCUT2D eigenvalue weighted by Gasteiger charge is 2.10. The Hall–Kier alpha value is -3.35. The number of nitrogens with two attached hydrogens (primary N) is 1. The van der Waals surface area contributed by atoms with Gasteiger partial charge in [-0.1, -0.05) is 30.3 Å². The van der Waals surface area contributed by atoms with Gasteiger partial charge in [0.1, 0.15) is 0 Å². The predicted octanol–water partition coefficient (Wildman–Crippen LogP) is 2.31. The number of hydrazone groups is 1. The topological polar surface area (TPSA) is 106 Å². The van der Waals surface area contributed by atoms with Crippen molar-refractivity contribution in [1.82, 2.24) is 5.43 Å². The van der Waals surface area contributed by atoms with Gasteiger partial charge < -0.3 is 10.5 Å². The lowest BCUT2D eigenvalue weighted by atomic mass is 10.1. The molecule has 0 radical (unpaired) electrons. The molecule has 0 aromatic heterocycles. The molecule has 2 amide bonds. The molecule has 0 aliphatic rings. The highest BCUT2D eigenvalue weighted by atomic mass is 16.5. The van der Waals surface area contributed by atoms with Crippen LogP contribution in [0.15, 0.2) is 59.7 Å². The highest BCUT2D eigenvalue weighted by molar-refractivity contribution is 6.05. The van der Waals surface area contributed by atoms with Gasteiger partial charge in [-0.25, -0.2) is 10.2 Å². The molecular formula is C17H18N4O3. The summed E-state index contributed by atoms with van der Waals surface area (Å²) in [5.41, 5.74) is 9.67. The molecule has 0 atom stereocenters. The van der Waals surface area contributed by atoms with Crippen LogP contribution in [0.25, 0.3) is 0 Å². The molecule has 0 fully saturated rings. The minimum absolute atomic E-state index is 0.0617. The van der Waals surface area contributed by atoms with Crippen molar-refractivity contribution in [3.8, 4) is 0 Å². The number of carbonyl (C=O) groups excluding carboxylic acids is 2. The molecular weight excluding hydrogens is 308 g/mol. The summed E-state index contributed by atoms with van der Waals surface area (Å²) in [6.07, 6.45) is -0.592. The Balaban J connectivity index is 2.13. The lowest BCUT2D eigenvalue weighted by Gasteiger charge is -2.10. The van der Waals surface area contributed by atoms with Crippen molar-refractivity contribution in [2.24, 2.45) is 10.8 Å². The van der Waals surface area contributed by atoms with Gasteiger partial charge in [0.2, 0.25) is 0 Å². The molecule has 2 rings (SSSR count). The molecule has 2 aromatic rings. The van der Waals surface area contributed by atoms with Crippen LogP contribution in [-0.2, 0) is 4.74 Å². The Labute approximate surface area is 139 Å². The normalized spacial score (nSPS) is 10.8. The quantitative estimate of drug-likeness (QED) is 0.445. The molecule has 0 aliphatic heterocycles. The van der Waals surface area contributed by atoms with Crippen LogP contribution in [0.5, 0.6) is 0 Å². The number of anilines is 1. The van der Waals surface area contributed by atoms with Gasteiger partial charge in [0.05, 0.1) is 12.3 Å². The molecule has 0 heterocycles. The second-order valence-electron chi connectivity index (χ2n) is 4.70. The van der Waals surface area contributed by atoms with E-state index in [0.717, 1.165) is 0 Å². The lowest BCUT2D eigenvalue weighted by Crippen LogP contribution is -2.25. The summed E-state index contributed by atoms with van der Waals surface area (Å²) in [5, 5.41) is 6.46. The average molecular weight is 326 g/mol. The average Bonchev–Trinajstić information content (AvgIpc) is 2.60. The first-order valence-corrected chi connectivity index (χ1v) is 7.33. The minimum Gasteiger partial charge on any atom is -0.450 e. The molecule has 4 N–H and O–H groups in total. The fraction of sp³-hybridized carbons (Fsp3) is 0.118. The van der Waals surface area contributed by atoms with Gasteiger partial charge in [-0.05, 0) is 31.2 Å². The number of hydrogen-bond donors (Lipinski definition) is 3. The van der Waals surface area contributed by atoms with Gasteiger partial charge >= 0.3 is 6.09 Å². The molecule has 0 spiro atoms. The van der Waals surface area contributed by atoms with Gasteiger partial charge in [0.15, 0.2) is 5.84 Å². The number of nitrogens with zero attached hydrogens (tertiary/aromatic N) is 1. The number of para-hydroxylation sites is 1. The number of nitrogens with one attached hydrogen (secondary N) is 2. The van der Waals surface area contributed by atoms with E-state index in [1.54, 1.807) is 55.5 Å². The van der Waals surface area contributed by atoms with E-state index in [1.807, 2.05) is 6.07 Å². The summed E-state index contributed by atoms with van der Waals surface area (Å²) in [7, 11) is 0. The van der Waals surface area contributed by atoms with E-state index >= 15 is 0 Å². The largest absolute Gasteiger partial charge is 0.450 e. The maximum atomic E-state index is 12.0. The van der Waals surface area contributed by atoms with Crippen molar-refractivity contribution in [3.63, 3.8) is 0 Å². The summed E-state index contributed by atoms with van der Waals surface area (Å²) in [4.78, 5) is 23.5. The SMILES string of the molecule is CCOC(=O)Nc1ccccc1/C(N)=N/NC(=O)c1ccccc1. The van der Waals surface area contributed by atoms with Gasteiger partial charge in [0.25, 0.3) is 5.91 Å². The fourth-order valence-corrected chi connectivity index (χ4v) is 1.92. The molecule has 0 bridgehead atoms. The van der Waals surface area contributed by atoms with Crippen LogP contribution in [0, 0.1) is 0 Å². The van der Waals surface area contributed by atoms with Crippen molar-refractivity contribution in [1.29, 1.82) is 0 Å². The maximum absolute atomic E-state index is 12.0. The van der Waals surface area contributed by atoms with E-state index in [2.05, 4.69) is 15.8 Å². The highest BCUT2D eigenvalue weighted by Crippen LogP contribution is 2.15. The van der Waals surface area contributed by atoms with Crippen LogP contribution < -0.4 is 16.5 Å². The van der Waals surface area contributed by atoms with Crippen molar-refractivity contribution < 1.29 is 14.3 Å².